The summed E-state index contributed by atoms with van der Waals surface area (Å²) in [6.45, 7) is 7.07. The molecule has 5 nitrogen and oxygen atoms in total. The first kappa shape index (κ1) is 22.1. The molecule has 0 saturated heterocycles. The number of hydrogen-bond acceptors (Lipinski definition) is 4. The van der Waals surface area contributed by atoms with Crippen LogP contribution in [0.15, 0.2) is 12.4 Å². The van der Waals surface area contributed by atoms with Crippen molar-refractivity contribution < 1.29 is 9.90 Å². The maximum Gasteiger partial charge on any atom is 0.157 e. The summed E-state index contributed by atoms with van der Waals surface area (Å²) in [6.07, 6.45) is 13.5. The zero-order chi connectivity index (χ0) is 22.7. The molecule has 1 aromatic rings. The smallest absolute Gasteiger partial charge is 0.157 e. The van der Waals surface area contributed by atoms with E-state index in [0.717, 1.165) is 49.9 Å². The Kier molecular flexibility index (Phi) is 5.52. The molecular formula is C27H39N3O2. The number of carbonyl (C=O) groups excluding carboxylic acids is 1. The molecule has 0 aromatic carbocycles. The number of aliphatic hydroxyl groups is 1. The minimum atomic E-state index is -0.466. The van der Waals surface area contributed by atoms with Crippen LogP contribution in [0.3, 0.4) is 0 Å². The summed E-state index contributed by atoms with van der Waals surface area (Å²) in [5.41, 5.74) is 0.145. The Hall–Kier alpha value is -1.67. The van der Waals surface area contributed by atoms with E-state index < -0.39 is 5.60 Å². The van der Waals surface area contributed by atoms with E-state index in [9.17, 15) is 9.90 Å². The van der Waals surface area contributed by atoms with E-state index in [2.05, 4.69) is 25.0 Å². The van der Waals surface area contributed by atoms with Gasteiger partial charge in [0.25, 0.3) is 0 Å². The predicted octanol–water partition coefficient (Wildman–Crippen LogP) is 4.98. The number of nitrogens with zero attached hydrogens (tertiary/aromatic N) is 3. The highest BCUT2D eigenvalue weighted by Gasteiger charge is 2.61. The average Bonchev–Trinajstić information content (AvgIpc) is 3.33. The van der Waals surface area contributed by atoms with E-state index in [4.69, 9.17) is 5.26 Å². The lowest BCUT2D eigenvalue weighted by Gasteiger charge is -2.57. The SMILES string of the molecule is CCC1C[C@H](C(=O)Cn2cc(C#N)cn2)[C@@]2(C)CC[C@H]3[C@@H](CC[C@@H]4C[C@](C)(O)CC[C@@H]43)[C@H]12. The van der Waals surface area contributed by atoms with Crippen LogP contribution in [0, 0.1) is 58.2 Å². The van der Waals surface area contributed by atoms with Crippen molar-refractivity contribution in [3.8, 4) is 6.07 Å². The minimum Gasteiger partial charge on any atom is -0.390 e. The van der Waals surface area contributed by atoms with Crippen molar-refractivity contribution in [2.75, 3.05) is 0 Å². The fourth-order valence-corrected chi connectivity index (χ4v) is 9.07. The number of hydrogen-bond donors (Lipinski definition) is 1. The first-order valence-electron chi connectivity index (χ1n) is 12.9. The number of ketones is 1. The van der Waals surface area contributed by atoms with Crippen LogP contribution >= 0.6 is 0 Å². The molecule has 0 aliphatic heterocycles. The molecule has 0 radical (unpaired) electrons. The average molecular weight is 438 g/mol. The first-order valence-corrected chi connectivity index (χ1v) is 12.9. The fraction of sp³-hybridized carbons (Fsp3) is 0.815. The third-order valence-corrected chi connectivity index (χ3v) is 10.4. The van der Waals surface area contributed by atoms with Gasteiger partial charge in [-0.3, -0.25) is 9.48 Å². The van der Waals surface area contributed by atoms with Gasteiger partial charge in [0, 0.05) is 12.1 Å². The summed E-state index contributed by atoms with van der Waals surface area (Å²) < 4.78 is 1.66. The monoisotopic (exact) mass is 437 g/mol. The van der Waals surface area contributed by atoms with E-state index in [-0.39, 0.29) is 11.3 Å². The molecule has 9 atom stereocenters. The van der Waals surface area contributed by atoms with Gasteiger partial charge in [0.15, 0.2) is 5.78 Å². The maximum atomic E-state index is 13.5. The molecule has 0 amide bonds. The summed E-state index contributed by atoms with van der Waals surface area (Å²) in [7, 11) is 0. The molecule has 4 aliphatic carbocycles. The van der Waals surface area contributed by atoms with E-state index >= 15 is 0 Å². The standard InChI is InChI=1S/C27H39N3O2/c1-4-18-11-23(24(31)16-30-15-17(13-28)14-29-30)27(3)10-8-21-20-7-9-26(2,32)12-19(20)5-6-22(21)25(18)27/h14-15,18-23,25,32H,4-12,16H2,1-3H3/t18?,19-,20+,21-,22-,23-,25+,26-,27-/m1/s1. The fourth-order valence-electron chi connectivity index (χ4n) is 9.07. The van der Waals surface area contributed by atoms with Crippen LogP contribution in [-0.2, 0) is 11.3 Å². The number of rotatable bonds is 4. The normalized spacial score (nSPS) is 45.4. The Morgan fingerprint density at radius 2 is 2.00 bits per heavy atom. The second-order valence-electron chi connectivity index (χ2n) is 12.1. The summed E-state index contributed by atoms with van der Waals surface area (Å²) >= 11 is 0. The molecule has 32 heavy (non-hydrogen) atoms. The summed E-state index contributed by atoms with van der Waals surface area (Å²) in [4.78, 5) is 13.5. The van der Waals surface area contributed by atoms with Crippen molar-refractivity contribution in [1.29, 1.82) is 5.26 Å². The van der Waals surface area contributed by atoms with Gasteiger partial charge in [-0.1, -0.05) is 20.3 Å². The van der Waals surface area contributed by atoms with Crippen molar-refractivity contribution in [3.63, 3.8) is 0 Å². The quantitative estimate of drug-likeness (QED) is 0.720. The molecule has 4 saturated carbocycles. The van der Waals surface area contributed by atoms with Crippen LogP contribution in [0.5, 0.6) is 0 Å². The van der Waals surface area contributed by atoms with Crippen LogP contribution in [0.1, 0.15) is 84.1 Å². The number of Topliss-reactive ketones (excluding diaryl/α,β-unsaturated/α-hetero) is 1. The molecule has 0 bridgehead atoms. The van der Waals surface area contributed by atoms with Gasteiger partial charge in [-0.15, -0.1) is 0 Å². The molecule has 1 N–H and O–H groups in total. The van der Waals surface area contributed by atoms with Gasteiger partial charge in [-0.05, 0) is 99.2 Å². The van der Waals surface area contributed by atoms with Crippen molar-refractivity contribution in [2.24, 2.45) is 46.8 Å². The van der Waals surface area contributed by atoms with Crippen LogP contribution < -0.4 is 0 Å². The topological polar surface area (TPSA) is 78.9 Å². The zero-order valence-electron chi connectivity index (χ0n) is 20.0. The Balaban J connectivity index is 1.37. The number of nitriles is 1. The van der Waals surface area contributed by atoms with Gasteiger partial charge in [-0.25, -0.2) is 0 Å². The number of aromatic nitrogens is 2. The minimum absolute atomic E-state index is 0.0944. The molecule has 1 unspecified atom stereocenters. The van der Waals surface area contributed by atoms with Crippen molar-refractivity contribution in [3.05, 3.63) is 18.0 Å². The molecule has 1 aromatic heterocycles. The Morgan fingerprint density at radius 3 is 2.72 bits per heavy atom. The highest BCUT2D eigenvalue weighted by Crippen LogP contribution is 2.66. The lowest BCUT2D eigenvalue weighted by molar-refractivity contribution is -0.133. The van der Waals surface area contributed by atoms with E-state index in [1.807, 2.05) is 6.92 Å². The largest absolute Gasteiger partial charge is 0.390 e. The summed E-state index contributed by atoms with van der Waals surface area (Å²) in [5, 5.41) is 24.0. The second kappa shape index (κ2) is 7.97. The van der Waals surface area contributed by atoms with Crippen molar-refractivity contribution in [2.45, 2.75) is 90.7 Å². The predicted molar refractivity (Wildman–Crippen MR) is 122 cm³/mol. The lowest BCUT2D eigenvalue weighted by Crippen LogP contribution is -2.52. The van der Waals surface area contributed by atoms with Gasteiger partial charge in [0.1, 0.15) is 6.07 Å². The third kappa shape index (κ3) is 3.54. The van der Waals surface area contributed by atoms with E-state index in [1.165, 1.54) is 25.7 Å². The highest BCUT2D eigenvalue weighted by molar-refractivity contribution is 5.82. The third-order valence-electron chi connectivity index (χ3n) is 10.4. The maximum absolute atomic E-state index is 13.5. The molecule has 5 heteroatoms. The highest BCUT2D eigenvalue weighted by atomic mass is 16.3. The van der Waals surface area contributed by atoms with Gasteiger partial charge in [-0.2, -0.15) is 10.4 Å². The second-order valence-corrected chi connectivity index (χ2v) is 12.1. The van der Waals surface area contributed by atoms with Gasteiger partial charge in [0.05, 0.1) is 23.9 Å². The molecule has 5 rings (SSSR count). The number of carbonyl (C=O) groups is 1. The Morgan fingerprint density at radius 1 is 1.22 bits per heavy atom. The molecular weight excluding hydrogens is 398 g/mol. The van der Waals surface area contributed by atoms with Crippen molar-refractivity contribution in [1.82, 2.24) is 9.78 Å². The van der Waals surface area contributed by atoms with Gasteiger partial charge in [0.2, 0.25) is 0 Å². The van der Waals surface area contributed by atoms with Crippen LogP contribution in [0.4, 0.5) is 0 Å². The molecule has 174 valence electrons. The Labute approximate surface area is 192 Å². The summed E-state index contributed by atoms with van der Waals surface area (Å²) in [5.74, 6) is 4.70. The van der Waals surface area contributed by atoms with Gasteiger partial charge >= 0.3 is 0 Å². The molecule has 4 aliphatic rings. The van der Waals surface area contributed by atoms with Gasteiger partial charge < -0.3 is 5.11 Å². The van der Waals surface area contributed by atoms with Crippen molar-refractivity contribution >= 4 is 5.78 Å². The van der Waals surface area contributed by atoms with Crippen LogP contribution in [-0.4, -0.2) is 26.3 Å². The summed E-state index contributed by atoms with van der Waals surface area (Å²) in [6, 6.07) is 2.11. The van der Waals surface area contributed by atoms with E-state index in [1.54, 1.807) is 17.1 Å². The Bertz CT molecular complexity index is 914. The lowest BCUT2D eigenvalue weighted by atomic mass is 9.48. The van der Waals surface area contributed by atoms with Crippen LogP contribution in [0.2, 0.25) is 0 Å². The molecule has 0 spiro atoms. The number of fused-ring (bicyclic) bond motifs is 5. The van der Waals surface area contributed by atoms with E-state index in [0.29, 0.717) is 35.6 Å². The first-order chi connectivity index (χ1) is 15.3. The van der Waals surface area contributed by atoms with Crippen LogP contribution in [0.25, 0.3) is 0 Å². The molecule has 4 fully saturated rings. The zero-order valence-corrected chi connectivity index (χ0v) is 20.0. The molecule has 1 heterocycles.